The summed E-state index contributed by atoms with van der Waals surface area (Å²) in [6.45, 7) is 21.0. The molecule has 0 unspecified atom stereocenters. The molecule has 69 heavy (non-hydrogen) atoms. The van der Waals surface area contributed by atoms with Crippen LogP contribution >= 0.6 is 0 Å². The van der Waals surface area contributed by atoms with Gasteiger partial charge in [0.2, 0.25) is 0 Å². The van der Waals surface area contributed by atoms with Gasteiger partial charge in [-0.3, -0.25) is 0 Å². The van der Waals surface area contributed by atoms with E-state index in [4.69, 9.17) is 0 Å². The molecule has 338 valence electrons. The van der Waals surface area contributed by atoms with Crippen molar-refractivity contribution >= 4 is 57.2 Å². The molecule has 0 aromatic heterocycles. The average molecular weight is 893 g/mol. The van der Waals surface area contributed by atoms with Crippen LogP contribution in [0.1, 0.15) is 79.0 Å². The Balaban J connectivity index is 1.28. The maximum absolute atomic E-state index is 2.65. The summed E-state index contributed by atoms with van der Waals surface area (Å²) in [5, 5.41) is 0. The number of benzene rings is 9. The zero-order valence-corrected chi connectivity index (χ0v) is 41.6. The second-order valence-electron chi connectivity index (χ2n) is 22.2. The predicted molar refractivity (Wildman–Crippen MR) is 298 cm³/mol. The van der Waals surface area contributed by atoms with Gasteiger partial charge in [-0.15, -0.1) is 0 Å². The van der Waals surface area contributed by atoms with Gasteiger partial charge in [-0.2, -0.15) is 0 Å². The monoisotopic (exact) mass is 892 g/mol. The van der Waals surface area contributed by atoms with Gasteiger partial charge in [-0.25, -0.2) is 0 Å². The van der Waals surface area contributed by atoms with Gasteiger partial charge < -0.3 is 9.80 Å². The van der Waals surface area contributed by atoms with Crippen LogP contribution in [0.5, 0.6) is 0 Å². The molecule has 0 atom stereocenters. The first-order valence-corrected chi connectivity index (χ1v) is 24.7. The molecule has 0 bridgehead atoms. The van der Waals surface area contributed by atoms with Crippen LogP contribution in [-0.4, -0.2) is 6.71 Å². The summed E-state index contributed by atoms with van der Waals surface area (Å²) in [6, 6.07) is 77.6. The maximum atomic E-state index is 2.65. The Kier molecular flexibility index (Phi) is 10.7. The lowest BCUT2D eigenvalue weighted by Gasteiger charge is -2.46. The molecule has 2 nitrogen and oxygen atoms in total. The second-order valence-corrected chi connectivity index (χ2v) is 22.2. The molecule has 2 aliphatic heterocycles. The molecule has 3 heteroatoms. The molecule has 2 aliphatic rings. The first-order chi connectivity index (χ1) is 33.1. The molecule has 9 aromatic rings. The molecule has 11 rings (SSSR count). The van der Waals surface area contributed by atoms with Crippen molar-refractivity contribution in [2.45, 2.75) is 78.6 Å². The van der Waals surface area contributed by atoms with E-state index >= 15 is 0 Å². The molecule has 9 aromatic carbocycles. The molecule has 0 fully saturated rings. The second kappa shape index (κ2) is 16.7. The third-order valence-electron chi connectivity index (χ3n) is 14.5. The minimum absolute atomic E-state index is 0.0434. The fourth-order valence-electron chi connectivity index (χ4n) is 10.9. The smallest absolute Gasteiger partial charge is 0.252 e. The first kappa shape index (κ1) is 44.2. The quantitative estimate of drug-likeness (QED) is 0.154. The lowest BCUT2D eigenvalue weighted by molar-refractivity contribution is 0.590. The highest BCUT2D eigenvalue weighted by Crippen LogP contribution is 2.51. The maximum Gasteiger partial charge on any atom is 0.252 e. The Bertz CT molecular complexity index is 3310. The van der Waals surface area contributed by atoms with E-state index in [0.717, 1.165) is 5.69 Å². The number of hydrogen-bond donors (Lipinski definition) is 0. The zero-order valence-electron chi connectivity index (χ0n) is 41.6. The van der Waals surface area contributed by atoms with E-state index in [1.165, 1.54) is 106 Å². The minimum atomic E-state index is -0.162. The lowest BCUT2D eigenvalue weighted by atomic mass is 9.33. The minimum Gasteiger partial charge on any atom is -0.311 e. The highest BCUT2D eigenvalue weighted by Gasteiger charge is 2.45. The van der Waals surface area contributed by atoms with Gasteiger partial charge in [-0.05, 0) is 119 Å². The van der Waals surface area contributed by atoms with Crippen LogP contribution in [0.3, 0.4) is 0 Å². The average Bonchev–Trinajstić information content (AvgIpc) is 3.35. The molecule has 0 spiro atoms. The Labute approximate surface area is 411 Å². The van der Waals surface area contributed by atoms with Gasteiger partial charge in [0, 0.05) is 39.6 Å². The fraction of sp³-hybridized carbons (Fsp3) is 0.182. The molecule has 0 amide bonds. The van der Waals surface area contributed by atoms with Gasteiger partial charge in [0.15, 0.2) is 0 Å². The summed E-state index contributed by atoms with van der Waals surface area (Å²) in [5.41, 5.74) is 24.5. The summed E-state index contributed by atoms with van der Waals surface area (Å²) in [5.74, 6) is 0. The first-order valence-electron chi connectivity index (χ1n) is 24.7. The summed E-state index contributed by atoms with van der Waals surface area (Å²) < 4.78 is 0. The Morgan fingerprint density at radius 1 is 0.319 bits per heavy atom. The third-order valence-corrected chi connectivity index (χ3v) is 14.5. The molecule has 0 saturated carbocycles. The van der Waals surface area contributed by atoms with E-state index in [1.807, 2.05) is 0 Å². The van der Waals surface area contributed by atoms with E-state index in [0.29, 0.717) is 0 Å². The van der Waals surface area contributed by atoms with Crippen molar-refractivity contribution in [1.82, 2.24) is 0 Å². The van der Waals surface area contributed by atoms with E-state index in [9.17, 15) is 0 Å². The van der Waals surface area contributed by atoms with Crippen molar-refractivity contribution in [1.29, 1.82) is 0 Å². The van der Waals surface area contributed by atoms with Gasteiger partial charge in [0.25, 0.3) is 6.71 Å². The van der Waals surface area contributed by atoms with E-state index in [-0.39, 0.29) is 23.0 Å². The van der Waals surface area contributed by atoms with Crippen LogP contribution in [0.4, 0.5) is 34.1 Å². The number of para-hydroxylation sites is 1. The third kappa shape index (κ3) is 7.79. The van der Waals surface area contributed by atoms with Crippen molar-refractivity contribution in [3.63, 3.8) is 0 Å². The van der Waals surface area contributed by atoms with Crippen LogP contribution in [0, 0.1) is 0 Å². The van der Waals surface area contributed by atoms with Crippen molar-refractivity contribution in [2.75, 3.05) is 9.80 Å². The van der Waals surface area contributed by atoms with E-state index in [2.05, 4.69) is 278 Å². The Morgan fingerprint density at radius 3 is 1.39 bits per heavy atom. The van der Waals surface area contributed by atoms with Gasteiger partial charge >= 0.3 is 0 Å². The predicted octanol–water partition coefficient (Wildman–Crippen LogP) is 16.3. The van der Waals surface area contributed by atoms with Gasteiger partial charge in [-0.1, -0.05) is 232 Å². The molecular formula is C66H61BN2. The zero-order chi connectivity index (χ0) is 47.8. The van der Waals surface area contributed by atoms with Crippen LogP contribution in [0.2, 0.25) is 0 Å². The summed E-state index contributed by atoms with van der Waals surface area (Å²) in [4.78, 5) is 5.24. The lowest BCUT2D eigenvalue weighted by Crippen LogP contribution is -2.61. The normalized spacial score (nSPS) is 13.2. The van der Waals surface area contributed by atoms with Crippen molar-refractivity contribution in [3.05, 3.63) is 223 Å². The van der Waals surface area contributed by atoms with Crippen LogP contribution in [0.25, 0.3) is 44.5 Å². The standard InChI is InChI=1S/C66H61BN2/c1-64(2,3)49-35-38-56-59(41-49)68(51-36-32-45(33-37-51)44-22-13-10-14-23-44)60-42-50(65(4,5)6)43-61-62(60)67(56)57-40-48(52-28-19-20-31-55(52)66(7,8)9)34-39-58(57)69(61)63-53(46-24-15-11-16-25-46)29-21-30-54(63)47-26-17-12-18-27-47/h10-43H,1-9H3. The number of nitrogens with zero attached hydrogens (tertiary/aromatic N) is 2. The van der Waals surface area contributed by atoms with Crippen LogP contribution < -0.4 is 26.2 Å². The highest BCUT2D eigenvalue weighted by molar-refractivity contribution is 7.00. The fourth-order valence-corrected chi connectivity index (χ4v) is 10.9. The number of anilines is 6. The van der Waals surface area contributed by atoms with Crippen LogP contribution in [0.15, 0.2) is 206 Å². The molecule has 0 aliphatic carbocycles. The summed E-state index contributed by atoms with van der Waals surface area (Å²) >= 11 is 0. The van der Waals surface area contributed by atoms with Crippen molar-refractivity contribution in [3.8, 4) is 44.5 Å². The summed E-state index contributed by atoms with van der Waals surface area (Å²) in [7, 11) is 0. The molecular weight excluding hydrogens is 832 g/mol. The SMILES string of the molecule is CC(C)(C)c1ccc2c(c1)N(c1ccc(-c3ccccc3)cc1)c1cc(C(C)(C)C)cc3c1B2c1cc(-c2ccccc2C(C)(C)C)ccc1N3c1c(-c2ccccc2)cccc1-c1ccccc1. The molecule has 0 radical (unpaired) electrons. The Hall–Kier alpha value is -7.36. The van der Waals surface area contributed by atoms with E-state index in [1.54, 1.807) is 0 Å². The van der Waals surface area contributed by atoms with Crippen LogP contribution in [-0.2, 0) is 16.2 Å². The molecule has 0 saturated heterocycles. The number of hydrogen-bond acceptors (Lipinski definition) is 2. The van der Waals surface area contributed by atoms with Crippen molar-refractivity contribution < 1.29 is 0 Å². The van der Waals surface area contributed by atoms with Gasteiger partial charge in [0.1, 0.15) is 0 Å². The topological polar surface area (TPSA) is 6.48 Å². The molecule has 2 heterocycles. The van der Waals surface area contributed by atoms with E-state index < -0.39 is 0 Å². The number of fused-ring (bicyclic) bond motifs is 4. The Morgan fingerprint density at radius 2 is 0.812 bits per heavy atom. The van der Waals surface area contributed by atoms with Crippen molar-refractivity contribution in [2.24, 2.45) is 0 Å². The highest BCUT2D eigenvalue weighted by atomic mass is 15.2. The number of rotatable bonds is 6. The molecule has 0 N–H and O–H groups in total. The largest absolute Gasteiger partial charge is 0.311 e. The summed E-state index contributed by atoms with van der Waals surface area (Å²) in [6.07, 6.45) is 0. The van der Waals surface area contributed by atoms with Gasteiger partial charge in [0.05, 0.1) is 5.69 Å².